The summed E-state index contributed by atoms with van der Waals surface area (Å²) in [5.74, 6) is 0.328. The van der Waals surface area contributed by atoms with Gasteiger partial charge in [0.15, 0.2) is 5.16 Å². The Balaban J connectivity index is 1.21. The number of thioether (sulfide) groups is 1. The molecule has 7 heteroatoms. The number of aromatic amines is 1. The number of carbonyl (C=O) groups excluding carboxylic acids is 1. The quantitative estimate of drug-likeness (QED) is 0.586. The van der Waals surface area contributed by atoms with Gasteiger partial charge in [0, 0.05) is 26.2 Å². The highest BCUT2D eigenvalue weighted by atomic mass is 32.2. The Bertz CT molecular complexity index is 960. The molecule has 2 N–H and O–H groups in total. The maximum atomic E-state index is 12.3. The first kappa shape index (κ1) is 19.9. The minimum atomic E-state index is -0.00424. The summed E-state index contributed by atoms with van der Waals surface area (Å²) < 4.78 is 5.83. The lowest BCUT2D eigenvalue weighted by Crippen LogP contribution is -2.47. The maximum Gasteiger partial charge on any atom is 0.230 e. The van der Waals surface area contributed by atoms with Crippen LogP contribution in [-0.2, 0) is 16.1 Å². The van der Waals surface area contributed by atoms with E-state index in [-0.39, 0.29) is 12.0 Å². The Hall–Kier alpha value is -2.35. The van der Waals surface area contributed by atoms with Gasteiger partial charge in [-0.2, -0.15) is 0 Å². The van der Waals surface area contributed by atoms with Crippen LogP contribution in [0.5, 0.6) is 0 Å². The summed E-state index contributed by atoms with van der Waals surface area (Å²) in [6.45, 7) is 5.93. The predicted molar refractivity (Wildman–Crippen MR) is 116 cm³/mol. The molecule has 4 rings (SSSR count). The molecular formula is C22H26N4O2S. The number of rotatable bonds is 7. The summed E-state index contributed by atoms with van der Waals surface area (Å²) in [5.41, 5.74) is 4.41. The molecule has 0 bridgehead atoms. The fourth-order valence-corrected chi connectivity index (χ4v) is 4.19. The molecule has 29 heavy (non-hydrogen) atoms. The molecule has 1 saturated heterocycles. The number of imidazole rings is 1. The van der Waals surface area contributed by atoms with E-state index in [1.807, 2.05) is 18.2 Å². The zero-order valence-electron chi connectivity index (χ0n) is 16.6. The molecule has 1 unspecified atom stereocenters. The van der Waals surface area contributed by atoms with Crippen molar-refractivity contribution in [3.63, 3.8) is 0 Å². The van der Waals surface area contributed by atoms with Crippen LogP contribution < -0.4 is 5.32 Å². The van der Waals surface area contributed by atoms with Crippen molar-refractivity contribution in [3.8, 4) is 0 Å². The van der Waals surface area contributed by atoms with E-state index in [1.54, 1.807) is 0 Å². The first-order chi connectivity index (χ1) is 14.2. The number of carbonyl (C=O) groups is 1. The number of morpholine rings is 1. The van der Waals surface area contributed by atoms with Crippen molar-refractivity contribution in [1.29, 1.82) is 0 Å². The monoisotopic (exact) mass is 410 g/mol. The van der Waals surface area contributed by atoms with E-state index < -0.39 is 0 Å². The average Bonchev–Trinajstić information content (AvgIpc) is 3.14. The van der Waals surface area contributed by atoms with Gasteiger partial charge in [-0.05, 0) is 30.2 Å². The van der Waals surface area contributed by atoms with Gasteiger partial charge in [-0.25, -0.2) is 4.98 Å². The summed E-state index contributed by atoms with van der Waals surface area (Å²) in [6.07, 6.45) is 0.0237. The van der Waals surface area contributed by atoms with Crippen LogP contribution in [0.2, 0.25) is 0 Å². The van der Waals surface area contributed by atoms with Crippen LogP contribution in [0.1, 0.15) is 11.1 Å². The van der Waals surface area contributed by atoms with Gasteiger partial charge in [0.25, 0.3) is 0 Å². The van der Waals surface area contributed by atoms with Gasteiger partial charge in [0.1, 0.15) is 0 Å². The average molecular weight is 411 g/mol. The largest absolute Gasteiger partial charge is 0.374 e. The highest BCUT2D eigenvalue weighted by Crippen LogP contribution is 2.20. The van der Waals surface area contributed by atoms with Crippen LogP contribution in [0.4, 0.5) is 0 Å². The third-order valence-corrected chi connectivity index (χ3v) is 5.83. The number of benzene rings is 2. The van der Waals surface area contributed by atoms with E-state index in [0.29, 0.717) is 18.9 Å². The van der Waals surface area contributed by atoms with E-state index in [2.05, 4.69) is 57.4 Å². The third-order valence-electron chi connectivity index (χ3n) is 4.95. The summed E-state index contributed by atoms with van der Waals surface area (Å²) in [7, 11) is 0. The summed E-state index contributed by atoms with van der Waals surface area (Å²) in [4.78, 5) is 22.4. The molecular weight excluding hydrogens is 384 g/mol. The SMILES string of the molecule is Cc1ccc2nc(SCC(=O)NCC3CN(Cc4ccccc4)CCO3)[nH]c2c1. The zero-order chi connectivity index (χ0) is 20.1. The number of aryl methyl sites for hydroxylation is 1. The number of hydrogen-bond donors (Lipinski definition) is 2. The number of aromatic nitrogens is 2. The standard InChI is InChI=1S/C22H26N4O2S/c1-16-7-8-19-20(11-16)25-22(24-19)29-15-21(27)23-12-18-14-26(9-10-28-18)13-17-5-3-2-4-6-17/h2-8,11,18H,9-10,12-15H2,1H3,(H,23,27)(H,24,25). The van der Waals surface area contributed by atoms with Crippen molar-refractivity contribution in [3.05, 3.63) is 59.7 Å². The van der Waals surface area contributed by atoms with Gasteiger partial charge in [-0.3, -0.25) is 9.69 Å². The fraction of sp³-hybridized carbons (Fsp3) is 0.364. The molecule has 2 aromatic carbocycles. The van der Waals surface area contributed by atoms with Crippen molar-refractivity contribution in [2.45, 2.75) is 24.7 Å². The van der Waals surface area contributed by atoms with Crippen LogP contribution in [0, 0.1) is 6.92 Å². The van der Waals surface area contributed by atoms with Gasteiger partial charge in [0.2, 0.25) is 5.91 Å². The number of nitrogens with one attached hydrogen (secondary N) is 2. The molecule has 1 amide bonds. The Labute approximate surface area is 175 Å². The lowest BCUT2D eigenvalue weighted by molar-refractivity contribution is -0.119. The van der Waals surface area contributed by atoms with Gasteiger partial charge in [-0.1, -0.05) is 48.2 Å². The number of hydrogen-bond acceptors (Lipinski definition) is 5. The lowest BCUT2D eigenvalue weighted by Gasteiger charge is -2.33. The van der Waals surface area contributed by atoms with E-state index in [9.17, 15) is 4.79 Å². The highest BCUT2D eigenvalue weighted by Gasteiger charge is 2.21. The lowest BCUT2D eigenvalue weighted by atomic mass is 10.2. The molecule has 1 aliphatic heterocycles. The predicted octanol–water partition coefficient (Wildman–Crippen LogP) is 2.98. The molecule has 0 radical (unpaired) electrons. The highest BCUT2D eigenvalue weighted by molar-refractivity contribution is 7.99. The van der Waals surface area contributed by atoms with E-state index in [4.69, 9.17) is 4.74 Å². The van der Waals surface area contributed by atoms with E-state index in [0.717, 1.165) is 35.8 Å². The third kappa shape index (κ3) is 5.59. The second-order valence-corrected chi connectivity index (χ2v) is 8.33. The van der Waals surface area contributed by atoms with Crippen LogP contribution in [-0.4, -0.2) is 58.9 Å². The molecule has 3 aromatic rings. The summed E-state index contributed by atoms with van der Waals surface area (Å²) in [6, 6.07) is 16.5. The van der Waals surface area contributed by atoms with Crippen molar-refractivity contribution < 1.29 is 9.53 Å². The fourth-order valence-electron chi connectivity index (χ4n) is 3.47. The first-order valence-corrected chi connectivity index (χ1v) is 10.9. The Morgan fingerprint density at radius 2 is 2.17 bits per heavy atom. The van der Waals surface area contributed by atoms with Crippen molar-refractivity contribution in [2.24, 2.45) is 0 Å². The van der Waals surface area contributed by atoms with Gasteiger partial charge in [-0.15, -0.1) is 0 Å². The van der Waals surface area contributed by atoms with Gasteiger partial charge in [0.05, 0.1) is 29.5 Å². The summed E-state index contributed by atoms with van der Waals surface area (Å²) in [5, 5.41) is 3.76. The minimum Gasteiger partial charge on any atom is -0.374 e. The second kappa shape index (κ2) is 9.43. The smallest absolute Gasteiger partial charge is 0.230 e. The van der Waals surface area contributed by atoms with Gasteiger partial charge < -0.3 is 15.0 Å². The summed E-state index contributed by atoms with van der Waals surface area (Å²) >= 11 is 1.42. The molecule has 1 atom stereocenters. The first-order valence-electron chi connectivity index (χ1n) is 9.89. The molecule has 1 fully saturated rings. The molecule has 2 heterocycles. The molecule has 1 aromatic heterocycles. The number of H-pyrrole nitrogens is 1. The van der Waals surface area contributed by atoms with Crippen LogP contribution >= 0.6 is 11.8 Å². The number of amides is 1. The van der Waals surface area contributed by atoms with Crippen LogP contribution in [0.15, 0.2) is 53.7 Å². The molecule has 0 saturated carbocycles. The molecule has 152 valence electrons. The number of ether oxygens (including phenoxy) is 1. The van der Waals surface area contributed by atoms with Crippen molar-refractivity contribution >= 4 is 28.7 Å². The van der Waals surface area contributed by atoms with E-state index in [1.165, 1.54) is 22.9 Å². The van der Waals surface area contributed by atoms with E-state index >= 15 is 0 Å². The molecule has 0 spiro atoms. The minimum absolute atomic E-state index is 0.00424. The Kier molecular flexibility index (Phi) is 6.49. The van der Waals surface area contributed by atoms with Crippen molar-refractivity contribution in [2.75, 3.05) is 32.0 Å². The molecule has 0 aliphatic carbocycles. The zero-order valence-corrected chi connectivity index (χ0v) is 17.4. The van der Waals surface area contributed by atoms with Crippen LogP contribution in [0.3, 0.4) is 0 Å². The maximum absolute atomic E-state index is 12.3. The topological polar surface area (TPSA) is 70.2 Å². The number of fused-ring (bicyclic) bond motifs is 1. The second-order valence-electron chi connectivity index (χ2n) is 7.37. The Morgan fingerprint density at radius 3 is 3.03 bits per heavy atom. The van der Waals surface area contributed by atoms with Gasteiger partial charge >= 0.3 is 0 Å². The molecule has 1 aliphatic rings. The molecule has 6 nitrogen and oxygen atoms in total. The number of nitrogens with zero attached hydrogens (tertiary/aromatic N) is 2. The normalized spacial score (nSPS) is 17.5. The Morgan fingerprint density at radius 1 is 1.31 bits per heavy atom. The van der Waals surface area contributed by atoms with Crippen molar-refractivity contribution in [1.82, 2.24) is 20.2 Å². The van der Waals surface area contributed by atoms with Crippen LogP contribution in [0.25, 0.3) is 11.0 Å².